The first-order chi connectivity index (χ1) is 14.4. The number of hydrogen-bond donors (Lipinski definition) is 2. The first-order valence-electron chi connectivity index (χ1n) is 9.69. The second-order valence-corrected chi connectivity index (χ2v) is 7.13. The molecule has 0 spiro atoms. The van der Waals surface area contributed by atoms with Gasteiger partial charge in [-0.25, -0.2) is 14.0 Å². The molecule has 0 radical (unpaired) electrons. The molecule has 0 saturated carbocycles. The van der Waals surface area contributed by atoms with Gasteiger partial charge in [-0.15, -0.1) is 0 Å². The Morgan fingerprint density at radius 1 is 1.13 bits per heavy atom. The number of nitrogens with one attached hydrogen (secondary N) is 1. The number of amides is 2. The summed E-state index contributed by atoms with van der Waals surface area (Å²) in [6.45, 7) is 0.440. The molecule has 8 heteroatoms. The highest BCUT2D eigenvalue weighted by Crippen LogP contribution is 2.19. The van der Waals surface area contributed by atoms with E-state index in [2.05, 4.69) is 5.32 Å². The van der Waals surface area contributed by atoms with Crippen LogP contribution in [0, 0.1) is 5.82 Å². The minimum absolute atomic E-state index is 0.0655. The van der Waals surface area contributed by atoms with E-state index in [1.807, 2.05) is 30.3 Å². The molecule has 1 aliphatic rings. The van der Waals surface area contributed by atoms with Crippen molar-refractivity contribution in [3.8, 4) is 0 Å². The summed E-state index contributed by atoms with van der Waals surface area (Å²) in [5.41, 5.74) is 1.28. The molecule has 7 nitrogen and oxygen atoms in total. The van der Waals surface area contributed by atoms with Gasteiger partial charge in [-0.05, 0) is 36.1 Å². The molecular weight excluding hydrogens is 391 g/mol. The molecule has 2 amide bonds. The molecule has 3 rings (SSSR count). The van der Waals surface area contributed by atoms with Gasteiger partial charge in [0, 0.05) is 13.0 Å². The van der Waals surface area contributed by atoms with E-state index in [4.69, 9.17) is 4.74 Å². The van der Waals surface area contributed by atoms with Crippen LogP contribution in [0.3, 0.4) is 0 Å². The van der Waals surface area contributed by atoms with Crippen molar-refractivity contribution in [3.05, 3.63) is 71.5 Å². The van der Waals surface area contributed by atoms with Gasteiger partial charge in [0.15, 0.2) is 0 Å². The zero-order chi connectivity index (χ0) is 21.5. The van der Waals surface area contributed by atoms with Gasteiger partial charge in [0.1, 0.15) is 24.5 Å². The van der Waals surface area contributed by atoms with Crippen LogP contribution in [0.1, 0.15) is 24.0 Å². The molecule has 1 heterocycles. The summed E-state index contributed by atoms with van der Waals surface area (Å²) in [5, 5.41) is 11.9. The zero-order valence-electron chi connectivity index (χ0n) is 16.3. The molecule has 2 atom stereocenters. The van der Waals surface area contributed by atoms with Crippen LogP contribution >= 0.6 is 0 Å². The van der Waals surface area contributed by atoms with Crippen molar-refractivity contribution >= 4 is 18.0 Å². The molecule has 1 fully saturated rings. The van der Waals surface area contributed by atoms with E-state index in [-0.39, 0.29) is 13.0 Å². The van der Waals surface area contributed by atoms with Crippen LogP contribution in [0.25, 0.3) is 0 Å². The number of carbonyl (C=O) groups excluding carboxylic acids is 2. The minimum Gasteiger partial charge on any atom is -0.480 e. The number of halogens is 1. The van der Waals surface area contributed by atoms with E-state index >= 15 is 0 Å². The molecule has 2 aromatic rings. The number of nitrogens with zero attached hydrogens (tertiary/aromatic N) is 1. The largest absolute Gasteiger partial charge is 0.480 e. The number of likely N-dealkylation sites (tertiary alicyclic amines) is 1. The average molecular weight is 414 g/mol. The van der Waals surface area contributed by atoms with Gasteiger partial charge in [0.25, 0.3) is 0 Å². The van der Waals surface area contributed by atoms with Gasteiger partial charge < -0.3 is 15.2 Å². The van der Waals surface area contributed by atoms with Gasteiger partial charge >= 0.3 is 12.1 Å². The van der Waals surface area contributed by atoms with Crippen molar-refractivity contribution in [2.75, 3.05) is 6.54 Å². The van der Waals surface area contributed by atoms with Crippen LogP contribution in [0.4, 0.5) is 9.18 Å². The van der Waals surface area contributed by atoms with E-state index < -0.39 is 35.9 Å². The molecule has 0 bridgehead atoms. The molecule has 2 aromatic carbocycles. The first-order valence-corrected chi connectivity index (χ1v) is 9.69. The summed E-state index contributed by atoms with van der Waals surface area (Å²) in [5.74, 6) is -2.28. The number of rotatable bonds is 7. The fourth-order valence-electron chi connectivity index (χ4n) is 3.43. The van der Waals surface area contributed by atoms with E-state index in [0.29, 0.717) is 24.9 Å². The quantitative estimate of drug-likeness (QED) is 0.726. The standard InChI is InChI=1S/C22H23FN2O5/c23-17-9-4-8-16(12-17)13-18(21(27)28)24-20(26)19-10-5-11-25(19)22(29)30-14-15-6-2-1-3-7-15/h1-4,6-9,12,18-19H,5,10-11,13-14H2,(H,24,26)(H,27,28)/t18-,19-/m1/s1. The van der Waals surface area contributed by atoms with Crippen LogP contribution in [0.15, 0.2) is 54.6 Å². The SMILES string of the molecule is O=C(N[C@H](Cc1cccc(F)c1)C(=O)O)[C@H]1CCCN1C(=O)OCc1ccccc1. The van der Waals surface area contributed by atoms with E-state index in [1.165, 1.54) is 23.1 Å². The maximum absolute atomic E-state index is 13.4. The predicted molar refractivity (Wildman–Crippen MR) is 106 cm³/mol. The number of benzene rings is 2. The van der Waals surface area contributed by atoms with Crippen LogP contribution < -0.4 is 5.32 Å². The molecule has 0 aromatic heterocycles. The van der Waals surface area contributed by atoms with Crippen molar-refractivity contribution in [3.63, 3.8) is 0 Å². The van der Waals surface area contributed by atoms with Crippen LogP contribution in [0.5, 0.6) is 0 Å². The summed E-state index contributed by atoms with van der Waals surface area (Å²) in [4.78, 5) is 38.1. The monoisotopic (exact) mass is 414 g/mol. The summed E-state index contributed by atoms with van der Waals surface area (Å²) in [7, 11) is 0. The second-order valence-electron chi connectivity index (χ2n) is 7.13. The smallest absolute Gasteiger partial charge is 0.410 e. The van der Waals surface area contributed by atoms with Crippen LogP contribution in [-0.2, 0) is 27.4 Å². The molecule has 158 valence electrons. The Morgan fingerprint density at radius 3 is 2.57 bits per heavy atom. The number of carbonyl (C=O) groups is 3. The maximum atomic E-state index is 13.4. The number of hydrogen-bond acceptors (Lipinski definition) is 4. The Kier molecular flexibility index (Phi) is 7.00. The van der Waals surface area contributed by atoms with Gasteiger partial charge in [-0.1, -0.05) is 42.5 Å². The van der Waals surface area contributed by atoms with Gasteiger partial charge in [-0.3, -0.25) is 9.69 Å². The predicted octanol–water partition coefficient (Wildman–Crippen LogP) is 2.74. The molecular formula is C22H23FN2O5. The van der Waals surface area contributed by atoms with Gasteiger partial charge in [0.05, 0.1) is 0 Å². The fourth-order valence-corrected chi connectivity index (χ4v) is 3.43. The molecule has 0 aliphatic carbocycles. The van der Waals surface area contributed by atoms with Crippen molar-refractivity contribution < 1.29 is 28.6 Å². The third kappa shape index (κ3) is 5.56. The number of carboxylic acids is 1. The molecule has 1 aliphatic heterocycles. The number of aliphatic carboxylic acids is 1. The first kappa shape index (κ1) is 21.3. The maximum Gasteiger partial charge on any atom is 0.410 e. The lowest BCUT2D eigenvalue weighted by molar-refractivity contribution is -0.142. The van der Waals surface area contributed by atoms with Crippen molar-refractivity contribution in [2.24, 2.45) is 0 Å². The van der Waals surface area contributed by atoms with Gasteiger partial charge in [0.2, 0.25) is 5.91 Å². The van der Waals surface area contributed by atoms with Crippen LogP contribution in [-0.4, -0.2) is 46.6 Å². The number of ether oxygens (including phenoxy) is 1. The highest BCUT2D eigenvalue weighted by atomic mass is 19.1. The minimum atomic E-state index is -1.23. The van der Waals surface area contributed by atoms with E-state index in [0.717, 1.165) is 5.56 Å². The Morgan fingerprint density at radius 2 is 1.87 bits per heavy atom. The lowest BCUT2D eigenvalue weighted by atomic mass is 10.1. The fraction of sp³-hybridized carbons (Fsp3) is 0.318. The lowest BCUT2D eigenvalue weighted by Crippen LogP contribution is -2.51. The Labute approximate surface area is 173 Å². The van der Waals surface area contributed by atoms with Crippen molar-refractivity contribution in [1.29, 1.82) is 0 Å². The summed E-state index contributed by atoms with van der Waals surface area (Å²) in [6.07, 6.45) is 0.344. The molecule has 2 N–H and O–H groups in total. The summed E-state index contributed by atoms with van der Waals surface area (Å²) in [6, 6.07) is 12.7. The van der Waals surface area contributed by atoms with Crippen molar-refractivity contribution in [1.82, 2.24) is 10.2 Å². The highest BCUT2D eigenvalue weighted by Gasteiger charge is 2.36. The highest BCUT2D eigenvalue weighted by molar-refractivity contribution is 5.89. The molecule has 30 heavy (non-hydrogen) atoms. The summed E-state index contributed by atoms with van der Waals surface area (Å²) < 4.78 is 18.7. The lowest BCUT2D eigenvalue weighted by Gasteiger charge is -2.25. The Bertz CT molecular complexity index is 905. The Hall–Kier alpha value is -3.42. The van der Waals surface area contributed by atoms with E-state index in [9.17, 15) is 23.9 Å². The zero-order valence-corrected chi connectivity index (χ0v) is 16.3. The third-order valence-electron chi connectivity index (χ3n) is 4.94. The number of carboxylic acid groups (broad SMARTS) is 1. The summed E-state index contributed by atoms with van der Waals surface area (Å²) >= 11 is 0. The molecule has 1 saturated heterocycles. The molecule has 0 unspecified atom stereocenters. The topological polar surface area (TPSA) is 95.9 Å². The van der Waals surface area contributed by atoms with Gasteiger partial charge in [-0.2, -0.15) is 0 Å². The van der Waals surface area contributed by atoms with E-state index in [1.54, 1.807) is 6.07 Å². The van der Waals surface area contributed by atoms with Crippen LogP contribution in [0.2, 0.25) is 0 Å². The third-order valence-corrected chi connectivity index (χ3v) is 4.94. The average Bonchev–Trinajstić information content (AvgIpc) is 3.22. The second kappa shape index (κ2) is 9.87. The van der Waals surface area contributed by atoms with Crippen molar-refractivity contribution in [2.45, 2.75) is 38.0 Å². The Balaban J connectivity index is 1.60. The normalized spacial score (nSPS) is 16.7.